The topological polar surface area (TPSA) is 98.8 Å². The van der Waals surface area contributed by atoms with Gasteiger partial charge < -0.3 is 10.2 Å². The van der Waals surface area contributed by atoms with Gasteiger partial charge in [-0.3, -0.25) is 15.1 Å². The summed E-state index contributed by atoms with van der Waals surface area (Å²) in [6.45, 7) is -0.0654. The molecular formula is C14H9Cl2N2O4-. The summed E-state index contributed by atoms with van der Waals surface area (Å²) in [5.74, 6) is -0.535. The van der Waals surface area contributed by atoms with Crippen LogP contribution in [0.5, 0.6) is 11.5 Å². The zero-order valence-corrected chi connectivity index (χ0v) is 12.5. The number of non-ortho nitro benzene ring substituents is 1. The minimum absolute atomic E-state index is 0.0654. The van der Waals surface area contributed by atoms with Gasteiger partial charge in [-0.2, -0.15) is 0 Å². The average Bonchev–Trinajstić information content (AvgIpc) is 2.45. The van der Waals surface area contributed by atoms with Crippen LogP contribution in [0.15, 0.2) is 35.3 Å². The van der Waals surface area contributed by atoms with Crippen molar-refractivity contribution in [3.05, 3.63) is 61.6 Å². The fourth-order valence-electron chi connectivity index (χ4n) is 1.73. The highest BCUT2D eigenvalue weighted by atomic mass is 35.5. The Morgan fingerprint density at radius 3 is 2.68 bits per heavy atom. The quantitative estimate of drug-likeness (QED) is 0.524. The summed E-state index contributed by atoms with van der Waals surface area (Å²) in [7, 11) is 0. The van der Waals surface area contributed by atoms with E-state index in [1.807, 2.05) is 0 Å². The standard InChI is InChI=1S/C14H10Cl2N2O4/c15-10-3-9(14(20)12(16)5-10)7-17-6-8-4-11(18(21)22)1-2-13(8)19/h1-5,7,19-20H,6H2/p-1. The van der Waals surface area contributed by atoms with Gasteiger partial charge in [0.1, 0.15) is 5.75 Å². The number of nitro benzene ring substituents is 1. The van der Waals surface area contributed by atoms with Crippen LogP contribution >= 0.6 is 23.2 Å². The first kappa shape index (κ1) is 16.1. The first-order chi connectivity index (χ1) is 10.4. The molecular weight excluding hydrogens is 331 g/mol. The van der Waals surface area contributed by atoms with Crippen LogP contribution in [0.4, 0.5) is 5.69 Å². The maximum absolute atomic E-state index is 11.6. The molecule has 0 aromatic heterocycles. The molecule has 114 valence electrons. The summed E-state index contributed by atoms with van der Waals surface area (Å²) in [5, 5.41) is 32.5. The van der Waals surface area contributed by atoms with E-state index in [9.17, 15) is 20.3 Å². The van der Waals surface area contributed by atoms with Gasteiger partial charge >= 0.3 is 0 Å². The smallest absolute Gasteiger partial charge is 0.269 e. The largest absolute Gasteiger partial charge is 0.872 e. The van der Waals surface area contributed by atoms with Gasteiger partial charge in [-0.25, -0.2) is 0 Å². The number of benzene rings is 2. The first-order valence-electron chi connectivity index (χ1n) is 6.00. The van der Waals surface area contributed by atoms with Gasteiger partial charge in [-0.05, 0) is 17.7 Å². The summed E-state index contributed by atoms with van der Waals surface area (Å²) < 4.78 is 0. The molecule has 0 saturated carbocycles. The summed E-state index contributed by atoms with van der Waals surface area (Å²) >= 11 is 11.6. The van der Waals surface area contributed by atoms with Gasteiger partial charge in [-0.1, -0.05) is 29.3 Å². The molecule has 0 aliphatic rings. The molecule has 0 bridgehead atoms. The number of phenols is 1. The van der Waals surface area contributed by atoms with Crippen molar-refractivity contribution < 1.29 is 15.1 Å². The molecule has 2 rings (SSSR count). The fraction of sp³-hybridized carbons (Fsp3) is 0.0714. The summed E-state index contributed by atoms with van der Waals surface area (Å²) in [6, 6.07) is 6.27. The van der Waals surface area contributed by atoms with E-state index in [0.29, 0.717) is 5.02 Å². The van der Waals surface area contributed by atoms with Crippen LogP contribution in [-0.2, 0) is 6.54 Å². The van der Waals surface area contributed by atoms with E-state index in [0.717, 1.165) is 12.1 Å². The van der Waals surface area contributed by atoms with Gasteiger partial charge in [0.2, 0.25) is 0 Å². The lowest BCUT2D eigenvalue weighted by Crippen LogP contribution is -1.98. The second kappa shape index (κ2) is 6.64. The lowest BCUT2D eigenvalue weighted by atomic mass is 10.1. The molecule has 6 nitrogen and oxygen atoms in total. The highest BCUT2D eigenvalue weighted by Crippen LogP contribution is 2.30. The molecule has 22 heavy (non-hydrogen) atoms. The van der Waals surface area contributed by atoms with E-state index in [-0.39, 0.29) is 39.9 Å². The first-order valence-corrected chi connectivity index (χ1v) is 6.76. The molecule has 0 atom stereocenters. The third kappa shape index (κ3) is 3.66. The maximum Gasteiger partial charge on any atom is 0.269 e. The number of nitrogens with zero attached hydrogens (tertiary/aromatic N) is 2. The molecule has 2 aromatic carbocycles. The van der Waals surface area contributed by atoms with Gasteiger partial charge in [0.25, 0.3) is 5.69 Å². The number of halogens is 2. The van der Waals surface area contributed by atoms with Crippen LogP contribution in [0.2, 0.25) is 10.0 Å². The Bertz CT molecular complexity index is 763. The van der Waals surface area contributed by atoms with Crippen molar-refractivity contribution in [1.29, 1.82) is 0 Å². The monoisotopic (exact) mass is 339 g/mol. The molecule has 0 aliphatic heterocycles. The number of phenolic OH excluding ortho intramolecular Hbond substituents is 1. The van der Waals surface area contributed by atoms with Crippen molar-refractivity contribution in [2.75, 3.05) is 0 Å². The van der Waals surface area contributed by atoms with Crippen molar-refractivity contribution >= 4 is 35.1 Å². The predicted molar refractivity (Wildman–Crippen MR) is 82.0 cm³/mol. The molecule has 0 saturated heterocycles. The molecule has 0 fully saturated rings. The Labute approximate surface area is 135 Å². The van der Waals surface area contributed by atoms with E-state index >= 15 is 0 Å². The SMILES string of the molecule is O=[N+]([O-])c1ccc([O-])c(CN=Cc2cc(Cl)cc(Cl)c2O)c1. The Hall–Kier alpha value is -2.31. The second-order valence-electron chi connectivity index (χ2n) is 4.34. The van der Waals surface area contributed by atoms with E-state index in [1.54, 1.807) is 0 Å². The number of aliphatic imine (C=N–C) groups is 1. The van der Waals surface area contributed by atoms with Crippen LogP contribution in [0.3, 0.4) is 0 Å². The van der Waals surface area contributed by atoms with Gasteiger partial charge in [0.05, 0.1) is 16.5 Å². The Balaban J connectivity index is 2.23. The number of hydrogen-bond acceptors (Lipinski definition) is 5. The Morgan fingerprint density at radius 1 is 1.27 bits per heavy atom. The van der Waals surface area contributed by atoms with Gasteiger partial charge in [0.15, 0.2) is 0 Å². The van der Waals surface area contributed by atoms with Crippen LogP contribution in [0.25, 0.3) is 0 Å². The van der Waals surface area contributed by atoms with Crippen molar-refractivity contribution in [2.24, 2.45) is 4.99 Å². The predicted octanol–water partition coefficient (Wildman–Crippen LogP) is 3.30. The number of nitro groups is 1. The van der Waals surface area contributed by atoms with Crippen molar-refractivity contribution in [2.45, 2.75) is 6.54 Å². The Kier molecular flexibility index (Phi) is 4.85. The summed E-state index contributed by atoms with van der Waals surface area (Å²) in [6.07, 6.45) is 1.30. The Morgan fingerprint density at radius 2 is 2.00 bits per heavy atom. The molecule has 1 N–H and O–H groups in total. The molecule has 8 heteroatoms. The number of aromatic hydroxyl groups is 1. The third-order valence-corrected chi connectivity index (χ3v) is 3.31. The zero-order chi connectivity index (χ0) is 16.3. The number of hydrogen-bond donors (Lipinski definition) is 1. The lowest BCUT2D eigenvalue weighted by Gasteiger charge is -2.10. The maximum atomic E-state index is 11.6. The molecule has 0 aliphatic carbocycles. The van der Waals surface area contributed by atoms with Gasteiger partial charge in [-0.15, -0.1) is 5.75 Å². The lowest BCUT2D eigenvalue weighted by molar-refractivity contribution is -0.385. The van der Waals surface area contributed by atoms with Crippen molar-refractivity contribution in [1.82, 2.24) is 0 Å². The molecule has 0 radical (unpaired) electrons. The molecule has 0 spiro atoms. The van der Waals surface area contributed by atoms with E-state index in [4.69, 9.17) is 23.2 Å². The van der Waals surface area contributed by atoms with Crippen LogP contribution in [-0.4, -0.2) is 16.2 Å². The zero-order valence-electron chi connectivity index (χ0n) is 11.0. The fourth-order valence-corrected chi connectivity index (χ4v) is 2.24. The summed E-state index contributed by atoms with van der Waals surface area (Å²) in [5.41, 5.74) is 0.284. The molecule has 2 aromatic rings. The highest BCUT2D eigenvalue weighted by Gasteiger charge is 2.07. The van der Waals surface area contributed by atoms with Crippen molar-refractivity contribution in [3.63, 3.8) is 0 Å². The highest BCUT2D eigenvalue weighted by molar-refractivity contribution is 6.36. The molecule has 0 heterocycles. The van der Waals surface area contributed by atoms with Gasteiger partial charge in [0, 0.05) is 28.9 Å². The van der Waals surface area contributed by atoms with E-state index < -0.39 is 4.92 Å². The average molecular weight is 340 g/mol. The summed E-state index contributed by atoms with van der Waals surface area (Å²) in [4.78, 5) is 14.1. The minimum Gasteiger partial charge on any atom is -0.872 e. The second-order valence-corrected chi connectivity index (χ2v) is 5.19. The normalized spacial score (nSPS) is 11.0. The van der Waals surface area contributed by atoms with E-state index in [1.165, 1.54) is 24.4 Å². The molecule has 0 amide bonds. The van der Waals surface area contributed by atoms with Crippen LogP contribution in [0, 0.1) is 10.1 Å². The number of rotatable bonds is 4. The van der Waals surface area contributed by atoms with Crippen LogP contribution < -0.4 is 5.11 Å². The van der Waals surface area contributed by atoms with E-state index in [2.05, 4.69) is 4.99 Å². The third-order valence-electron chi connectivity index (χ3n) is 2.80. The minimum atomic E-state index is -0.588. The van der Waals surface area contributed by atoms with Crippen molar-refractivity contribution in [3.8, 4) is 11.5 Å². The molecule has 0 unspecified atom stereocenters. The van der Waals surface area contributed by atoms with Crippen LogP contribution in [0.1, 0.15) is 11.1 Å².